The normalized spacial score (nSPS) is 11.0. The molecule has 0 spiro atoms. The minimum absolute atomic E-state index is 0.947. The second-order valence-corrected chi connectivity index (χ2v) is 8.37. The van der Waals surface area contributed by atoms with Crippen molar-refractivity contribution in [1.29, 1.82) is 0 Å². The van der Waals surface area contributed by atoms with Crippen LogP contribution in [0.2, 0.25) is 0 Å². The molecule has 2 aromatic carbocycles. The van der Waals surface area contributed by atoms with Crippen molar-refractivity contribution in [1.82, 2.24) is 19.9 Å². The molecule has 0 unspecified atom stereocenters. The van der Waals surface area contributed by atoms with Crippen LogP contribution in [-0.2, 0) is 0 Å². The molecule has 0 amide bonds. The van der Waals surface area contributed by atoms with Crippen LogP contribution in [0.1, 0.15) is 0 Å². The van der Waals surface area contributed by atoms with E-state index in [1.165, 1.54) is 0 Å². The third-order valence-electron chi connectivity index (χ3n) is 4.82. The molecule has 144 valence electrons. The SMILES string of the molecule is Brc1cc2cccnc2c2ncccc12.Brc1cc2cccnc2c2ncccc12. The van der Waals surface area contributed by atoms with Gasteiger partial charge >= 0.3 is 0 Å². The summed E-state index contributed by atoms with van der Waals surface area (Å²) < 4.78 is 2.12. The molecule has 4 heterocycles. The molecule has 4 aromatic heterocycles. The maximum Gasteiger partial charge on any atom is 0.0975 e. The summed E-state index contributed by atoms with van der Waals surface area (Å²) in [5.41, 5.74) is 3.80. The molecule has 6 aromatic rings. The van der Waals surface area contributed by atoms with Gasteiger partial charge in [-0.3, -0.25) is 19.9 Å². The molecule has 0 aliphatic rings. The molecule has 0 radical (unpaired) electrons. The number of rotatable bonds is 0. The fourth-order valence-electron chi connectivity index (χ4n) is 3.47. The van der Waals surface area contributed by atoms with Gasteiger partial charge in [-0.25, -0.2) is 0 Å². The number of aromatic nitrogens is 4. The Morgan fingerprint density at radius 1 is 0.467 bits per heavy atom. The van der Waals surface area contributed by atoms with E-state index in [-0.39, 0.29) is 0 Å². The highest BCUT2D eigenvalue weighted by molar-refractivity contribution is 9.11. The predicted octanol–water partition coefficient (Wildman–Crippen LogP) is 7.09. The molecule has 6 heteroatoms. The molecule has 30 heavy (non-hydrogen) atoms. The lowest BCUT2D eigenvalue weighted by molar-refractivity contribution is 1.37. The lowest BCUT2D eigenvalue weighted by atomic mass is 10.1. The predicted molar refractivity (Wildman–Crippen MR) is 129 cm³/mol. The van der Waals surface area contributed by atoms with Crippen LogP contribution in [0.15, 0.2) is 94.4 Å². The number of hydrogen-bond acceptors (Lipinski definition) is 4. The van der Waals surface area contributed by atoms with Crippen LogP contribution >= 0.6 is 31.9 Å². The highest BCUT2D eigenvalue weighted by atomic mass is 79.9. The maximum absolute atomic E-state index is 4.38. The average Bonchev–Trinajstić information content (AvgIpc) is 2.80. The van der Waals surface area contributed by atoms with Crippen molar-refractivity contribution in [3.05, 3.63) is 94.4 Å². The van der Waals surface area contributed by atoms with Gasteiger partial charge in [-0.2, -0.15) is 0 Å². The van der Waals surface area contributed by atoms with Gasteiger partial charge in [0.05, 0.1) is 22.1 Å². The van der Waals surface area contributed by atoms with Gasteiger partial charge in [0, 0.05) is 55.3 Å². The highest BCUT2D eigenvalue weighted by Gasteiger charge is 2.06. The number of fused-ring (bicyclic) bond motifs is 6. The summed E-state index contributed by atoms with van der Waals surface area (Å²) in [4.78, 5) is 17.5. The third kappa shape index (κ3) is 3.42. The van der Waals surface area contributed by atoms with Crippen molar-refractivity contribution in [3.8, 4) is 0 Å². The van der Waals surface area contributed by atoms with E-state index in [9.17, 15) is 0 Å². The molecule has 0 fully saturated rings. The lowest BCUT2D eigenvalue weighted by Crippen LogP contribution is -1.85. The first-order chi connectivity index (χ1) is 14.7. The van der Waals surface area contributed by atoms with Gasteiger partial charge in [0.1, 0.15) is 0 Å². The van der Waals surface area contributed by atoms with Gasteiger partial charge in [0.15, 0.2) is 0 Å². The van der Waals surface area contributed by atoms with Crippen molar-refractivity contribution in [2.45, 2.75) is 0 Å². The first kappa shape index (κ1) is 19.0. The molecular formula is C24H14Br2N4. The topological polar surface area (TPSA) is 51.6 Å². The number of nitrogens with zero attached hydrogens (tertiary/aromatic N) is 4. The van der Waals surface area contributed by atoms with E-state index < -0.39 is 0 Å². The molecular weight excluding hydrogens is 504 g/mol. The maximum atomic E-state index is 4.38. The van der Waals surface area contributed by atoms with E-state index in [2.05, 4.69) is 63.9 Å². The zero-order chi connectivity index (χ0) is 20.5. The largest absolute Gasteiger partial charge is 0.254 e. The lowest BCUT2D eigenvalue weighted by Gasteiger charge is -2.03. The van der Waals surface area contributed by atoms with E-state index in [4.69, 9.17) is 0 Å². The second-order valence-electron chi connectivity index (χ2n) is 6.67. The minimum Gasteiger partial charge on any atom is -0.254 e. The Labute approximate surface area is 189 Å². The third-order valence-corrected chi connectivity index (χ3v) is 6.13. The van der Waals surface area contributed by atoms with Crippen LogP contribution < -0.4 is 0 Å². The Balaban J connectivity index is 0.000000128. The van der Waals surface area contributed by atoms with Crippen molar-refractivity contribution in [2.24, 2.45) is 0 Å². The van der Waals surface area contributed by atoms with Crippen molar-refractivity contribution in [3.63, 3.8) is 0 Å². The van der Waals surface area contributed by atoms with E-state index in [0.717, 1.165) is 52.6 Å². The van der Waals surface area contributed by atoms with Gasteiger partial charge in [-0.05, 0) is 36.4 Å². The number of halogens is 2. The Kier molecular flexibility index (Phi) is 5.11. The fraction of sp³-hybridized carbons (Fsp3) is 0. The Hall–Kier alpha value is -2.96. The summed E-state index contributed by atoms with van der Waals surface area (Å²) in [6.45, 7) is 0. The van der Waals surface area contributed by atoms with E-state index >= 15 is 0 Å². The summed E-state index contributed by atoms with van der Waals surface area (Å²) in [6, 6.07) is 20.1. The standard InChI is InChI=1S/2C12H7BrN2/c2*13-10-7-8-3-1-5-14-11(8)12-9(10)4-2-6-15-12/h2*1-7H. The molecule has 4 nitrogen and oxygen atoms in total. The quantitative estimate of drug-likeness (QED) is 0.202. The molecule has 6 rings (SSSR count). The van der Waals surface area contributed by atoms with Crippen LogP contribution in [0.5, 0.6) is 0 Å². The fourth-order valence-corrected chi connectivity index (χ4v) is 4.60. The number of hydrogen-bond donors (Lipinski definition) is 0. The number of pyridine rings is 4. The second kappa shape index (κ2) is 8.05. The zero-order valence-electron chi connectivity index (χ0n) is 15.6. The highest BCUT2D eigenvalue weighted by Crippen LogP contribution is 2.29. The smallest absolute Gasteiger partial charge is 0.0975 e. The van der Waals surface area contributed by atoms with E-state index in [1.807, 2.05) is 48.5 Å². The Bertz CT molecular complexity index is 1420. The molecule has 0 saturated carbocycles. The van der Waals surface area contributed by atoms with Gasteiger partial charge in [0.2, 0.25) is 0 Å². The summed E-state index contributed by atoms with van der Waals surface area (Å²) in [6.07, 6.45) is 7.18. The molecule has 0 aliphatic carbocycles. The number of benzene rings is 2. The minimum atomic E-state index is 0.947. The van der Waals surface area contributed by atoms with Crippen LogP contribution in [0.3, 0.4) is 0 Å². The first-order valence-electron chi connectivity index (χ1n) is 9.28. The van der Waals surface area contributed by atoms with Gasteiger partial charge in [0.25, 0.3) is 0 Å². The monoisotopic (exact) mass is 516 g/mol. The Morgan fingerprint density at radius 2 is 0.833 bits per heavy atom. The summed E-state index contributed by atoms with van der Waals surface area (Å²) in [7, 11) is 0. The molecule has 0 N–H and O–H groups in total. The van der Waals surface area contributed by atoms with Crippen LogP contribution in [0, 0.1) is 0 Å². The van der Waals surface area contributed by atoms with E-state index in [1.54, 1.807) is 24.8 Å². The summed E-state index contributed by atoms with van der Waals surface area (Å²) in [5.74, 6) is 0. The van der Waals surface area contributed by atoms with Crippen LogP contribution in [0.4, 0.5) is 0 Å². The van der Waals surface area contributed by atoms with Gasteiger partial charge in [-0.1, -0.05) is 56.1 Å². The van der Waals surface area contributed by atoms with Crippen LogP contribution in [-0.4, -0.2) is 19.9 Å². The van der Waals surface area contributed by atoms with Crippen molar-refractivity contribution in [2.75, 3.05) is 0 Å². The Morgan fingerprint density at radius 3 is 1.27 bits per heavy atom. The first-order valence-corrected chi connectivity index (χ1v) is 10.9. The average molecular weight is 518 g/mol. The van der Waals surface area contributed by atoms with Gasteiger partial charge in [-0.15, -0.1) is 0 Å². The molecule has 0 saturated heterocycles. The molecule has 0 bridgehead atoms. The molecule has 0 atom stereocenters. The van der Waals surface area contributed by atoms with Crippen molar-refractivity contribution < 1.29 is 0 Å². The summed E-state index contributed by atoms with van der Waals surface area (Å²) in [5, 5.41) is 4.42. The zero-order valence-corrected chi connectivity index (χ0v) is 18.8. The van der Waals surface area contributed by atoms with Gasteiger partial charge < -0.3 is 0 Å². The van der Waals surface area contributed by atoms with Crippen LogP contribution in [0.25, 0.3) is 43.6 Å². The van der Waals surface area contributed by atoms with E-state index in [0.29, 0.717) is 0 Å². The summed E-state index contributed by atoms with van der Waals surface area (Å²) >= 11 is 7.10. The molecule has 0 aliphatic heterocycles. The van der Waals surface area contributed by atoms with Crippen molar-refractivity contribution >= 4 is 75.5 Å².